The van der Waals surface area contributed by atoms with Gasteiger partial charge in [0, 0.05) is 21.7 Å². The fourth-order valence-electron chi connectivity index (χ4n) is 4.03. The molecule has 0 bridgehead atoms. The molecule has 3 atom stereocenters. The van der Waals surface area contributed by atoms with E-state index in [0.29, 0.717) is 22.8 Å². The Labute approximate surface area is 153 Å². The largest absolute Gasteiger partial charge is 0.378 e. The van der Waals surface area contributed by atoms with Crippen molar-refractivity contribution < 1.29 is 0 Å². The summed E-state index contributed by atoms with van der Waals surface area (Å²) in [5.41, 5.74) is 5.18. The zero-order chi connectivity index (χ0) is 16.8. The molecule has 4 rings (SSSR count). The number of rotatable bonds is 2. The smallest absolute Gasteiger partial charge is 0.0568 e. The molecule has 1 nitrogen and oxygen atoms in total. The van der Waals surface area contributed by atoms with Crippen molar-refractivity contribution in [3.8, 4) is 0 Å². The minimum absolute atomic E-state index is 0.215. The molecule has 1 N–H and O–H groups in total. The van der Waals surface area contributed by atoms with Crippen molar-refractivity contribution in [2.75, 3.05) is 5.32 Å². The predicted octanol–water partition coefficient (Wildman–Crippen LogP) is 6.94. The van der Waals surface area contributed by atoms with Crippen LogP contribution in [0.3, 0.4) is 0 Å². The molecule has 2 aromatic rings. The molecule has 24 heavy (non-hydrogen) atoms. The van der Waals surface area contributed by atoms with Crippen molar-refractivity contribution in [2.45, 2.75) is 38.1 Å². The highest BCUT2D eigenvalue weighted by molar-refractivity contribution is 6.35. The topological polar surface area (TPSA) is 12.0 Å². The highest BCUT2D eigenvalue weighted by atomic mass is 35.5. The lowest BCUT2D eigenvalue weighted by atomic mass is 9.76. The van der Waals surface area contributed by atoms with Crippen molar-refractivity contribution in [2.24, 2.45) is 5.92 Å². The highest BCUT2D eigenvalue weighted by Gasteiger charge is 2.38. The molecule has 1 aliphatic carbocycles. The van der Waals surface area contributed by atoms with Crippen molar-refractivity contribution >= 4 is 28.9 Å². The summed E-state index contributed by atoms with van der Waals surface area (Å²) in [6.45, 7) is 4.49. The Morgan fingerprint density at radius 2 is 1.88 bits per heavy atom. The molecule has 0 amide bonds. The molecule has 2 aliphatic rings. The van der Waals surface area contributed by atoms with E-state index in [1.807, 2.05) is 12.1 Å². The van der Waals surface area contributed by atoms with Crippen molar-refractivity contribution in [1.82, 2.24) is 0 Å². The molecule has 0 saturated carbocycles. The van der Waals surface area contributed by atoms with Gasteiger partial charge in [-0.2, -0.15) is 0 Å². The minimum atomic E-state index is 0.215. The molecular weight excluding hydrogens is 337 g/mol. The minimum Gasteiger partial charge on any atom is -0.378 e. The number of anilines is 1. The van der Waals surface area contributed by atoms with Crippen molar-refractivity contribution in [3.63, 3.8) is 0 Å². The number of hydrogen-bond acceptors (Lipinski definition) is 1. The first-order valence-corrected chi connectivity index (χ1v) is 9.32. The van der Waals surface area contributed by atoms with Crippen LogP contribution in [-0.4, -0.2) is 0 Å². The second-order valence-corrected chi connectivity index (χ2v) is 7.99. The molecule has 0 spiro atoms. The number of allylic oxidation sites excluding steroid dienone is 2. The summed E-state index contributed by atoms with van der Waals surface area (Å²) in [7, 11) is 0. The summed E-state index contributed by atoms with van der Waals surface area (Å²) in [4.78, 5) is 0. The van der Waals surface area contributed by atoms with E-state index in [0.717, 1.165) is 17.0 Å². The Morgan fingerprint density at radius 3 is 2.62 bits per heavy atom. The molecular formula is C21H21Cl2N. The SMILES string of the molecule is CC(C)c1ccc2c(c1)[C@H]1C=CC[C@H]1[C@@H](c1ccc(Cl)cc1Cl)N2. The second kappa shape index (κ2) is 6.13. The maximum atomic E-state index is 6.50. The van der Waals surface area contributed by atoms with E-state index in [1.54, 1.807) is 0 Å². The van der Waals surface area contributed by atoms with E-state index < -0.39 is 0 Å². The monoisotopic (exact) mass is 357 g/mol. The van der Waals surface area contributed by atoms with Crippen LogP contribution in [0.4, 0.5) is 5.69 Å². The molecule has 0 saturated heterocycles. The summed E-state index contributed by atoms with van der Waals surface area (Å²) in [6.07, 6.45) is 5.75. The van der Waals surface area contributed by atoms with Gasteiger partial charge in [0.15, 0.2) is 0 Å². The van der Waals surface area contributed by atoms with Crippen molar-refractivity contribution in [3.05, 3.63) is 75.3 Å². The molecule has 0 aromatic heterocycles. The zero-order valence-electron chi connectivity index (χ0n) is 13.9. The van der Waals surface area contributed by atoms with E-state index >= 15 is 0 Å². The van der Waals surface area contributed by atoms with Gasteiger partial charge < -0.3 is 5.32 Å². The van der Waals surface area contributed by atoms with Gasteiger partial charge in [-0.1, -0.05) is 67.4 Å². The van der Waals surface area contributed by atoms with Gasteiger partial charge in [0.25, 0.3) is 0 Å². The van der Waals surface area contributed by atoms with Gasteiger partial charge in [-0.15, -0.1) is 0 Å². The Morgan fingerprint density at radius 1 is 1.04 bits per heavy atom. The number of halogens is 2. The third-order valence-electron chi connectivity index (χ3n) is 5.35. The van der Waals surface area contributed by atoms with Gasteiger partial charge in [-0.25, -0.2) is 0 Å². The Kier molecular flexibility index (Phi) is 4.10. The fraction of sp³-hybridized carbons (Fsp3) is 0.333. The van der Waals surface area contributed by atoms with Crippen LogP contribution in [0.25, 0.3) is 0 Å². The Balaban J connectivity index is 1.78. The van der Waals surface area contributed by atoms with Crippen LogP contribution < -0.4 is 5.32 Å². The molecule has 0 radical (unpaired) electrons. The van der Waals surface area contributed by atoms with Crippen LogP contribution in [0, 0.1) is 5.92 Å². The molecule has 1 aliphatic heterocycles. The van der Waals surface area contributed by atoms with Gasteiger partial charge in [-0.05, 0) is 53.1 Å². The third-order valence-corrected chi connectivity index (χ3v) is 5.91. The van der Waals surface area contributed by atoms with Gasteiger partial charge in [-0.3, -0.25) is 0 Å². The van der Waals surface area contributed by atoms with Gasteiger partial charge in [0.05, 0.1) is 6.04 Å². The molecule has 1 heterocycles. The normalized spacial score (nSPS) is 24.6. The summed E-state index contributed by atoms with van der Waals surface area (Å²) in [6, 6.07) is 12.9. The average molecular weight is 358 g/mol. The van der Waals surface area contributed by atoms with Crippen molar-refractivity contribution in [1.29, 1.82) is 0 Å². The van der Waals surface area contributed by atoms with E-state index in [9.17, 15) is 0 Å². The van der Waals surface area contributed by atoms with E-state index in [-0.39, 0.29) is 6.04 Å². The molecule has 0 fully saturated rings. The average Bonchev–Trinajstić information content (AvgIpc) is 3.04. The third kappa shape index (κ3) is 2.64. The van der Waals surface area contributed by atoms with E-state index in [1.165, 1.54) is 16.8 Å². The van der Waals surface area contributed by atoms with Crippen LogP contribution in [-0.2, 0) is 0 Å². The van der Waals surface area contributed by atoms with Gasteiger partial charge in [0.2, 0.25) is 0 Å². The second-order valence-electron chi connectivity index (χ2n) is 7.14. The number of hydrogen-bond donors (Lipinski definition) is 1. The number of benzene rings is 2. The first-order chi connectivity index (χ1) is 11.5. The maximum Gasteiger partial charge on any atom is 0.0568 e. The summed E-state index contributed by atoms with van der Waals surface area (Å²) in [5, 5.41) is 5.17. The Hall–Kier alpha value is -1.44. The van der Waals surface area contributed by atoms with Crippen LogP contribution in [0.1, 0.15) is 54.8 Å². The Bertz CT molecular complexity index is 809. The zero-order valence-corrected chi connectivity index (χ0v) is 15.4. The summed E-state index contributed by atoms with van der Waals surface area (Å²) in [5.74, 6) is 1.50. The predicted molar refractivity (Wildman–Crippen MR) is 103 cm³/mol. The number of fused-ring (bicyclic) bond motifs is 3. The first kappa shape index (κ1) is 16.1. The maximum absolute atomic E-state index is 6.50. The quantitative estimate of drug-likeness (QED) is 0.573. The first-order valence-electron chi connectivity index (χ1n) is 8.56. The van der Waals surface area contributed by atoms with Crippen LogP contribution in [0.5, 0.6) is 0 Å². The van der Waals surface area contributed by atoms with Crippen LogP contribution >= 0.6 is 23.2 Å². The lowest BCUT2D eigenvalue weighted by Crippen LogP contribution is -2.29. The molecule has 2 aromatic carbocycles. The lowest BCUT2D eigenvalue weighted by molar-refractivity contribution is 0.425. The summed E-state index contributed by atoms with van der Waals surface area (Å²) >= 11 is 12.6. The van der Waals surface area contributed by atoms with Crippen LogP contribution in [0.15, 0.2) is 48.6 Å². The number of nitrogens with one attached hydrogen (secondary N) is 1. The highest BCUT2D eigenvalue weighted by Crippen LogP contribution is 2.51. The van der Waals surface area contributed by atoms with Gasteiger partial charge in [0.1, 0.15) is 0 Å². The molecule has 3 heteroatoms. The van der Waals surface area contributed by atoms with E-state index in [2.05, 4.69) is 55.6 Å². The van der Waals surface area contributed by atoms with E-state index in [4.69, 9.17) is 23.2 Å². The standard InChI is InChI=1S/C21H21Cl2N/c1-12(2)13-6-9-20-18(10-13)15-4-3-5-16(15)21(24-20)17-8-7-14(22)11-19(17)23/h3-4,6-12,15-16,21,24H,5H2,1-2H3/t15-,16+,21-/m0/s1. The molecule has 0 unspecified atom stereocenters. The fourth-order valence-corrected chi connectivity index (χ4v) is 4.56. The van der Waals surface area contributed by atoms with Gasteiger partial charge >= 0.3 is 0 Å². The molecule has 124 valence electrons. The van der Waals surface area contributed by atoms with Crippen LogP contribution in [0.2, 0.25) is 10.0 Å². The lowest BCUT2D eigenvalue weighted by Gasteiger charge is -2.38. The summed E-state index contributed by atoms with van der Waals surface area (Å²) < 4.78 is 0.